The Morgan fingerprint density at radius 2 is 2.38 bits per heavy atom. The minimum atomic E-state index is -0.845. The van der Waals surface area contributed by atoms with Crippen LogP contribution in [0.5, 0.6) is 0 Å². The lowest BCUT2D eigenvalue weighted by Gasteiger charge is -2.13. The molecule has 4 heteroatoms. The van der Waals surface area contributed by atoms with Crippen LogP contribution in [0, 0.1) is 19.8 Å². The number of carbonyl (C=O) groups is 1. The quantitative estimate of drug-likeness (QED) is 0.850. The van der Waals surface area contributed by atoms with Crippen molar-refractivity contribution < 1.29 is 14.6 Å². The molecule has 0 saturated carbocycles. The van der Waals surface area contributed by atoms with E-state index in [9.17, 15) is 4.79 Å². The van der Waals surface area contributed by atoms with E-state index in [1.807, 2.05) is 13.8 Å². The third kappa shape index (κ3) is 1.97. The van der Waals surface area contributed by atoms with Crippen LogP contribution >= 0.6 is 0 Å². The van der Waals surface area contributed by atoms with Gasteiger partial charge in [0.2, 0.25) is 0 Å². The zero-order valence-corrected chi connectivity index (χ0v) is 9.69. The monoisotopic (exact) mass is 223 g/mol. The number of hydrogen-bond donors (Lipinski definition) is 1. The van der Waals surface area contributed by atoms with Crippen molar-refractivity contribution in [2.45, 2.75) is 26.8 Å². The van der Waals surface area contributed by atoms with E-state index >= 15 is 0 Å². The molecule has 0 aliphatic carbocycles. The van der Waals surface area contributed by atoms with Crippen LogP contribution in [0.1, 0.15) is 28.2 Å². The summed E-state index contributed by atoms with van der Waals surface area (Å²) in [6, 6.07) is 1.74. The van der Waals surface area contributed by atoms with Gasteiger partial charge in [0.15, 0.2) is 0 Å². The van der Waals surface area contributed by atoms with E-state index in [2.05, 4.69) is 4.57 Å². The SMILES string of the molecule is Cc1cc(C(=O)O)c(C)n1CC1CCOC1. The summed E-state index contributed by atoms with van der Waals surface area (Å²) in [6.45, 7) is 6.31. The molecule has 1 unspecified atom stereocenters. The molecule has 1 atom stereocenters. The highest BCUT2D eigenvalue weighted by molar-refractivity contribution is 5.89. The standard InChI is InChI=1S/C12H17NO3/c1-8-5-11(12(14)15)9(2)13(8)6-10-3-4-16-7-10/h5,10H,3-4,6-7H2,1-2H3,(H,14,15). The first-order chi connectivity index (χ1) is 7.59. The van der Waals surface area contributed by atoms with E-state index in [1.54, 1.807) is 6.07 Å². The fraction of sp³-hybridized carbons (Fsp3) is 0.583. The molecule has 1 aliphatic rings. The van der Waals surface area contributed by atoms with E-state index in [-0.39, 0.29) is 0 Å². The summed E-state index contributed by atoms with van der Waals surface area (Å²) < 4.78 is 7.42. The third-order valence-electron chi connectivity index (χ3n) is 3.27. The normalized spacial score (nSPS) is 20.2. The van der Waals surface area contributed by atoms with Gasteiger partial charge in [-0.2, -0.15) is 0 Å². The maximum atomic E-state index is 11.0. The molecular formula is C12H17NO3. The van der Waals surface area contributed by atoms with Gasteiger partial charge >= 0.3 is 5.97 Å². The third-order valence-corrected chi connectivity index (χ3v) is 3.27. The van der Waals surface area contributed by atoms with Crippen LogP contribution in [0.15, 0.2) is 6.07 Å². The number of aromatic carboxylic acids is 1. The van der Waals surface area contributed by atoms with Gasteiger partial charge in [-0.15, -0.1) is 0 Å². The summed E-state index contributed by atoms with van der Waals surface area (Å²) in [6.07, 6.45) is 1.07. The zero-order valence-electron chi connectivity index (χ0n) is 9.69. The van der Waals surface area contributed by atoms with Gasteiger partial charge < -0.3 is 14.4 Å². The molecule has 0 radical (unpaired) electrons. The average molecular weight is 223 g/mol. The van der Waals surface area contributed by atoms with Gasteiger partial charge in [0.1, 0.15) is 0 Å². The molecule has 0 aromatic carbocycles. The van der Waals surface area contributed by atoms with Crippen molar-refractivity contribution >= 4 is 5.97 Å². The van der Waals surface area contributed by atoms with Gasteiger partial charge in [-0.3, -0.25) is 0 Å². The molecule has 4 nitrogen and oxygen atoms in total. The molecule has 16 heavy (non-hydrogen) atoms. The summed E-state index contributed by atoms with van der Waals surface area (Å²) >= 11 is 0. The van der Waals surface area contributed by atoms with Gasteiger partial charge in [0.25, 0.3) is 0 Å². The van der Waals surface area contributed by atoms with Gasteiger partial charge in [0, 0.05) is 30.5 Å². The molecule has 0 spiro atoms. The van der Waals surface area contributed by atoms with Crippen molar-refractivity contribution in [3.63, 3.8) is 0 Å². The highest BCUT2D eigenvalue weighted by Crippen LogP contribution is 2.20. The summed E-state index contributed by atoms with van der Waals surface area (Å²) in [5.41, 5.74) is 2.27. The van der Waals surface area contributed by atoms with Gasteiger partial charge in [0.05, 0.1) is 12.2 Å². The van der Waals surface area contributed by atoms with E-state index in [4.69, 9.17) is 9.84 Å². The first kappa shape index (κ1) is 11.2. The van der Waals surface area contributed by atoms with Crippen molar-refractivity contribution in [2.75, 3.05) is 13.2 Å². The Bertz CT molecular complexity index is 403. The predicted octanol–water partition coefficient (Wildman–Crippen LogP) is 1.84. The number of hydrogen-bond acceptors (Lipinski definition) is 2. The molecule has 1 fully saturated rings. The summed E-state index contributed by atoms with van der Waals surface area (Å²) in [4.78, 5) is 11.0. The molecule has 1 aromatic rings. The van der Waals surface area contributed by atoms with Gasteiger partial charge in [-0.1, -0.05) is 0 Å². The topological polar surface area (TPSA) is 51.5 Å². The molecule has 1 aromatic heterocycles. The molecule has 1 saturated heterocycles. The number of nitrogens with zero attached hydrogens (tertiary/aromatic N) is 1. The van der Waals surface area contributed by atoms with Crippen LogP contribution in [-0.2, 0) is 11.3 Å². The van der Waals surface area contributed by atoms with Crippen LogP contribution < -0.4 is 0 Å². The number of carboxylic acid groups (broad SMARTS) is 1. The second-order valence-corrected chi connectivity index (χ2v) is 4.43. The van der Waals surface area contributed by atoms with Gasteiger partial charge in [-0.05, 0) is 26.3 Å². The molecule has 2 rings (SSSR count). The Kier molecular flexibility index (Phi) is 3.01. The fourth-order valence-corrected chi connectivity index (χ4v) is 2.28. The van der Waals surface area contributed by atoms with Crippen molar-refractivity contribution in [3.8, 4) is 0 Å². The Morgan fingerprint density at radius 3 is 2.88 bits per heavy atom. The Hall–Kier alpha value is -1.29. The number of aromatic nitrogens is 1. The molecule has 88 valence electrons. The zero-order chi connectivity index (χ0) is 11.7. The lowest BCUT2D eigenvalue weighted by atomic mass is 10.1. The summed E-state index contributed by atoms with van der Waals surface area (Å²) in [7, 11) is 0. The van der Waals surface area contributed by atoms with Crippen LogP contribution in [0.25, 0.3) is 0 Å². The average Bonchev–Trinajstić information content (AvgIpc) is 2.81. The van der Waals surface area contributed by atoms with Crippen molar-refractivity contribution in [1.29, 1.82) is 0 Å². The highest BCUT2D eigenvalue weighted by Gasteiger charge is 2.20. The minimum Gasteiger partial charge on any atom is -0.478 e. The smallest absolute Gasteiger partial charge is 0.337 e. The summed E-state index contributed by atoms with van der Waals surface area (Å²) in [5, 5.41) is 9.03. The van der Waals surface area contributed by atoms with E-state index in [0.29, 0.717) is 11.5 Å². The summed E-state index contributed by atoms with van der Waals surface area (Å²) in [5.74, 6) is -0.325. The fourth-order valence-electron chi connectivity index (χ4n) is 2.28. The van der Waals surface area contributed by atoms with Crippen LogP contribution in [0.2, 0.25) is 0 Å². The Labute approximate surface area is 94.8 Å². The number of aryl methyl sites for hydroxylation is 1. The maximum Gasteiger partial charge on any atom is 0.337 e. The number of ether oxygens (including phenoxy) is 1. The van der Waals surface area contributed by atoms with E-state index in [1.165, 1.54) is 0 Å². The maximum absolute atomic E-state index is 11.0. The van der Waals surface area contributed by atoms with Crippen LogP contribution in [0.4, 0.5) is 0 Å². The van der Waals surface area contributed by atoms with Crippen molar-refractivity contribution in [3.05, 3.63) is 23.0 Å². The Morgan fingerprint density at radius 1 is 1.62 bits per heavy atom. The van der Waals surface area contributed by atoms with E-state index in [0.717, 1.165) is 37.6 Å². The first-order valence-corrected chi connectivity index (χ1v) is 5.57. The molecule has 2 heterocycles. The van der Waals surface area contributed by atoms with Gasteiger partial charge in [-0.25, -0.2) is 4.79 Å². The highest BCUT2D eigenvalue weighted by atomic mass is 16.5. The largest absolute Gasteiger partial charge is 0.478 e. The Balaban J connectivity index is 2.22. The molecule has 0 bridgehead atoms. The number of rotatable bonds is 3. The van der Waals surface area contributed by atoms with Crippen LogP contribution in [0.3, 0.4) is 0 Å². The van der Waals surface area contributed by atoms with Crippen LogP contribution in [-0.4, -0.2) is 28.9 Å². The second kappa shape index (κ2) is 4.29. The molecule has 1 aliphatic heterocycles. The minimum absolute atomic E-state index is 0.413. The molecular weight excluding hydrogens is 206 g/mol. The van der Waals surface area contributed by atoms with E-state index < -0.39 is 5.97 Å². The van der Waals surface area contributed by atoms with Crippen molar-refractivity contribution in [1.82, 2.24) is 4.57 Å². The lowest BCUT2D eigenvalue weighted by molar-refractivity contribution is 0.0696. The second-order valence-electron chi connectivity index (χ2n) is 4.43. The number of carboxylic acids is 1. The first-order valence-electron chi connectivity index (χ1n) is 5.57. The molecule has 1 N–H and O–H groups in total. The molecule has 0 amide bonds. The predicted molar refractivity (Wildman–Crippen MR) is 59.8 cm³/mol. The lowest BCUT2D eigenvalue weighted by Crippen LogP contribution is -2.13. The van der Waals surface area contributed by atoms with Crippen molar-refractivity contribution in [2.24, 2.45) is 5.92 Å².